The van der Waals surface area contributed by atoms with Crippen LogP contribution in [0.2, 0.25) is 0 Å². The number of hydrogen-bond acceptors (Lipinski definition) is 5. The van der Waals surface area contributed by atoms with Gasteiger partial charge in [0.2, 0.25) is 0 Å². The van der Waals surface area contributed by atoms with E-state index in [-0.39, 0.29) is 0 Å². The highest BCUT2D eigenvalue weighted by Gasteiger charge is 2.29. The minimum Gasteiger partial charge on any atom is -0.459 e. The van der Waals surface area contributed by atoms with Crippen LogP contribution in [0.4, 0.5) is 0 Å². The van der Waals surface area contributed by atoms with Crippen LogP contribution in [0.1, 0.15) is 23.4 Å². The lowest BCUT2D eigenvalue weighted by molar-refractivity contribution is -0.954. The fourth-order valence-electron chi connectivity index (χ4n) is 2.96. The van der Waals surface area contributed by atoms with Gasteiger partial charge in [-0.2, -0.15) is 4.68 Å². The minimum absolute atomic E-state index is 0.391. The highest BCUT2D eigenvalue weighted by Crippen LogP contribution is 2.24. The third-order valence-corrected chi connectivity index (χ3v) is 5.51. The summed E-state index contributed by atoms with van der Waals surface area (Å²) in [5.74, 6) is 1.04. The van der Waals surface area contributed by atoms with Crippen molar-refractivity contribution in [3.8, 4) is 11.7 Å². The molecule has 0 bridgehead atoms. The lowest BCUT2D eigenvalue weighted by Gasteiger charge is -2.29. The van der Waals surface area contributed by atoms with Crippen molar-refractivity contribution in [2.24, 2.45) is 0 Å². The molecule has 0 saturated carbocycles. The van der Waals surface area contributed by atoms with E-state index in [1.165, 1.54) is 15.3 Å². The van der Waals surface area contributed by atoms with Crippen LogP contribution in [0, 0.1) is 4.84 Å². The Labute approximate surface area is 136 Å². The molecule has 0 spiro atoms. The maximum Gasteiger partial charge on any atom is 0.292 e. The number of quaternary nitrogens is 1. The number of nitrogens with zero attached hydrogens (tertiary/aromatic N) is 2. The van der Waals surface area contributed by atoms with Crippen LogP contribution in [0.3, 0.4) is 0 Å². The van der Waals surface area contributed by atoms with Crippen molar-refractivity contribution in [1.82, 2.24) is 9.78 Å². The van der Waals surface area contributed by atoms with Crippen LogP contribution in [0.15, 0.2) is 38.7 Å². The van der Waals surface area contributed by atoms with E-state index in [4.69, 9.17) is 21.1 Å². The Morgan fingerprint density at radius 2 is 2.41 bits per heavy atom. The molecule has 0 aliphatic carbocycles. The second-order valence-corrected chi connectivity index (χ2v) is 6.84. The number of furan rings is 1. The van der Waals surface area contributed by atoms with Gasteiger partial charge in [0.25, 0.3) is 10.7 Å². The SMILES string of the molecule is C[C@@H]1c2ccsc2CC[NH+]1Cn1nc(-c2ccco2)oc1=S. The van der Waals surface area contributed by atoms with Gasteiger partial charge in [0.1, 0.15) is 6.04 Å². The maximum atomic E-state index is 5.55. The average Bonchev–Trinajstić information content (AvgIpc) is 3.23. The van der Waals surface area contributed by atoms with Gasteiger partial charge < -0.3 is 13.7 Å². The molecule has 0 saturated heterocycles. The number of thiophene rings is 1. The monoisotopic (exact) mass is 334 g/mol. The average molecular weight is 334 g/mol. The Bertz CT molecular complexity index is 831. The molecular weight excluding hydrogens is 318 g/mol. The Balaban J connectivity index is 1.58. The van der Waals surface area contributed by atoms with Gasteiger partial charge in [0.15, 0.2) is 12.4 Å². The minimum atomic E-state index is 0.391. The van der Waals surface area contributed by atoms with Crippen LogP contribution < -0.4 is 4.90 Å². The number of rotatable bonds is 3. The highest BCUT2D eigenvalue weighted by atomic mass is 32.1. The summed E-state index contributed by atoms with van der Waals surface area (Å²) in [6.07, 6.45) is 2.71. The topological polar surface area (TPSA) is 48.5 Å². The van der Waals surface area contributed by atoms with E-state index in [9.17, 15) is 0 Å². The molecular formula is C15H16N3O2S2+. The fraction of sp³-hybridized carbons (Fsp3) is 0.333. The van der Waals surface area contributed by atoms with Crippen LogP contribution in [0.25, 0.3) is 11.7 Å². The largest absolute Gasteiger partial charge is 0.459 e. The van der Waals surface area contributed by atoms with Crippen molar-refractivity contribution >= 4 is 23.6 Å². The van der Waals surface area contributed by atoms with Crippen molar-refractivity contribution in [2.45, 2.75) is 26.1 Å². The van der Waals surface area contributed by atoms with Crippen LogP contribution in [0.5, 0.6) is 0 Å². The zero-order valence-corrected chi connectivity index (χ0v) is 13.7. The van der Waals surface area contributed by atoms with E-state index in [1.54, 1.807) is 10.9 Å². The molecule has 1 N–H and O–H groups in total. The van der Waals surface area contributed by atoms with Crippen LogP contribution >= 0.6 is 23.6 Å². The first-order valence-electron chi connectivity index (χ1n) is 7.25. The summed E-state index contributed by atoms with van der Waals surface area (Å²) < 4.78 is 12.6. The van der Waals surface area contributed by atoms with Gasteiger partial charge in [0, 0.05) is 16.9 Å². The van der Waals surface area contributed by atoms with E-state index in [0.29, 0.717) is 29.2 Å². The van der Waals surface area contributed by atoms with E-state index in [2.05, 4.69) is 23.5 Å². The molecule has 0 radical (unpaired) electrons. The predicted molar refractivity (Wildman–Crippen MR) is 85.3 cm³/mol. The van der Waals surface area contributed by atoms with E-state index >= 15 is 0 Å². The number of nitrogens with one attached hydrogen (secondary N) is 1. The van der Waals surface area contributed by atoms with E-state index in [0.717, 1.165) is 13.0 Å². The molecule has 0 amide bonds. The lowest BCUT2D eigenvalue weighted by Crippen LogP contribution is -3.12. The molecule has 2 atom stereocenters. The highest BCUT2D eigenvalue weighted by molar-refractivity contribution is 7.71. The van der Waals surface area contributed by atoms with Gasteiger partial charge in [-0.1, -0.05) is 0 Å². The van der Waals surface area contributed by atoms with Crippen molar-refractivity contribution in [3.05, 3.63) is 45.1 Å². The predicted octanol–water partition coefficient (Wildman–Crippen LogP) is 2.69. The second-order valence-electron chi connectivity index (χ2n) is 5.49. The summed E-state index contributed by atoms with van der Waals surface area (Å²) in [6, 6.07) is 6.31. The fourth-order valence-corrected chi connectivity index (χ4v) is 4.13. The number of hydrogen-bond donors (Lipinski definition) is 1. The van der Waals surface area contributed by atoms with Gasteiger partial charge in [-0.3, -0.25) is 0 Å². The molecule has 4 heterocycles. The molecule has 4 rings (SSSR count). The normalized spacial score (nSPS) is 21.0. The first-order chi connectivity index (χ1) is 10.7. The number of fused-ring (bicyclic) bond motifs is 1. The van der Waals surface area contributed by atoms with Gasteiger partial charge in [-0.25, -0.2) is 0 Å². The Hall–Kier alpha value is -1.70. The molecule has 0 aromatic carbocycles. The first kappa shape index (κ1) is 13.9. The molecule has 5 nitrogen and oxygen atoms in total. The van der Waals surface area contributed by atoms with Gasteiger partial charge in [-0.15, -0.1) is 16.4 Å². The quantitative estimate of drug-likeness (QED) is 0.748. The number of aromatic nitrogens is 2. The second kappa shape index (κ2) is 5.49. The zero-order valence-electron chi connectivity index (χ0n) is 12.1. The summed E-state index contributed by atoms with van der Waals surface area (Å²) in [6.45, 7) is 4.05. The third-order valence-electron chi connectivity index (χ3n) is 4.22. The molecule has 1 aliphatic heterocycles. The first-order valence-corrected chi connectivity index (χ1v) is 8.54. The van der Waals surface area contributed by atoms with Gasteiger partial charge >= 0.3 is 0 Å². The summed E-state index contributed by atoms with van der Waals surface area (Å²) in [5.41, 5.74) is 1.45. The van der Waals surface area contributed by atoms with E-state index < -0.39 is 0 Å². The van der Waals surface area contributed by atoms with E-state index in [1.807, 2.05) is 23.5 Å². The summed E-state index contributed by atoms with van der Waals surface area (Å²) in [5, 5.41) is 6.64. The lowest BCUT2D eigenvalue weighted by atomic mass is 10.0. The molecule has 1 unspecified atom stereocenters. The maximum absolute atomic E-state index is 5.55. The third kappa shape index (κ3) is 2.35. The Morgan fingerprint density at radius 3 is 3.23 bits per heavy atom. The standard InChI is InChI=1S/C15H15N3O2S2/c1-10-11-5-8-22-13(11)4-6-17(10)9-18-15(21)20-14(16-18)12-3-2-7-19-12/h2-3,5,7-8,10H,4,6,9H2,1H3/p+1/t10-/m1/s1. The van der Waals surface area contributed by atoms with Crippen molar-refractivity contribution < 1.29 is 13.7 Å². The smallest absolute Gasteiger partial charge is 0.292 e. The zero-order chi connectivity index (χ0) is 15.1. The van der Waals surface area contributed by atoms with Crippen LogP contribution in [-0.2, 0) is 13.1 Å². The van der Waals surface area contributed by atoms with Crippen molar-refractivity contribution in [2.75, 3.05) is 6.54 Å². The summed E-state index contributed by atoms with van der Waals surface area (Å²) in [4.78, 5) is 3.35. The van der Waals surface area contributed by atoms with Crippen LogP contribution in [-0.4, -0.2) is 16.3 Å². The van der Waals surface area contributed by atoms with Crippen molar-refractivity contribution in [1.29, 1.82) is 0 Å². The molecule has 3 aromatic rings. The van der Waals surface area contributed by atoms with Gasteiger partial charge in [-0.05, 0) is 42.7 Å². The molecule has 7 heteroatoms. The van der Waals surface area contributed by atoms with Gasteiger partial charge in [0.05, 0.1) is 12.8 Å². The molecule has 3 aromatic heterocycles. The summed E-state index contributed by atoms with van der Waals surface area (Å²) in [7, 11) is 0. The molecule has 1 aliphatic rings. The Morgan fingerprint density at radius 1 is 1.50 bits per heavy atom. The molecule has 114 valence electrons. The Kier molecular flexibility index (Phi) is 3.48. The molecule has 0 fully saturated rings. The summed E-state index contributed by atoms with van der Waals surface area (Å²) >= 11 is 7.15. The van der Waals surface area contributed by atoms with Crippen molar-refractivity contribution in [3.63, 3.8) is 0 Å². The molecule has 22 heavy (non-hydrogen) atoms.